The molecule has 5 nitrogen and oxygen atoms in total. The van der Waals surface area contributed by atoms with Crippen LogP contribution in [0.5, 0.6) is 0 Å². The average Bonchev–Trinajstić information content (AvgIpc) is 2.44. The van der Waals surface area contributed by atoms with E-state index in [2.05, 4.69) is 0 Å². The number of hydroxylamine groups is 2. The van der Waals surface area contributed by atoms with Gasteiger partial charge >= 0.3 is 0 Å². The lowest BCUT2D eigenvalue weighted by atomic mass is 9.94. The van der Waals surface area contributed by atoms with Crippen molar-refractivity contribution in [2.75, 3.05) is 26.8 Å². The predicted octanol–water partition coefficient (Wildman–Crippen LogP) is 1.22. The van der Waals surface area contributed by atoms with Crippen LogP contribution >= 0.6 is 0 Å². The first-order valence-electron chi connectivity index (χ1n) is 7.17. The van der Waals surface area contributed by atoms with Crippen molar-refractivity contribution in [1.29, 1.82) is 0 Å². The molecule has 0 saturated carbocycles. The third-order valence-corrected chi connectivity index (χ3v) is 3.13. The minimum absolute atomic E-state index is 0.0619. The molecule has 5 heteroatoms. The molecular weight excluding hydrogens is 234 g/mol. The number of fused-ring (bicyclic) bond motifs is 2. The van der Waals surface area contributed by atoms with Gasteiger partial charge < -0.3 is 14.2 Å². The summed E-state index contributed by atoms with van der Waals surface area (Å²) < 4.78 is 25.6. The van der Waals surface area contributed by atoms with Crippen molar-refractivity contribution >= 4 is 0 Å². The number of nitrogens with zero attached hydrogens (tertiary/aromatic N) is 1. The van der Waals surface area contributed by atoms with Gasteiger partial charge in [-0.2, -0.15) is 5.06 Å². The van der Waals surface area contributed by atoms with Gasteiger partial charge in [0.15, 0.2) is 0 Å². The van der Waals surface area contributed by atoms with Crippen LogP contribution in [0.3, 0.4) is 0 Å². The Labute approximate surface area is 111 Å². The molecule has 1 unspecified atom stereocenters. The van der Waals surface area contributed by atoms with Crippen LogP contribution in [0.2, 0.25) is 0 Å². The van der Waals surface area contributed by atoms with Gasteiger partial charge in [-0.3, -0.25) is 4.84 Å². The van der Waals surface area contributed by atoms with Crippen LogP contribution in [0.4, 0.5) is 0 Å². The Kier molecular flexibility index (Phi) is 3.86. The summed E-state index contributed by atoms with van der Waals surface area (Å²) in [5, 5.41) is 1.73. The van der Waals surface area contributed by atoms with Crippen molar-refractivity contribution in [3.63, 3.8) is 0 Å². The third-order valence-electron chi connectivity index (χ3n) is 3.13. The van der Waals surface area contributed by atoms with E-state index in [4.69, 9.17) is 20.4 Å². The molecule has 106 valence electrons. The summed E-state index contributed by atoms with van der Waals surface area (Å²) in [5.41, 5.74) is -0.612. The second-order valence-corrected chi connectivity index (χ2v) is 5.64. The molecule has 2 fully saturated rings. The molecule has 0 aromatic carbocycles. The van der Waals surface area contributed by atoms with E-state index in [-0.39, 0.29) is 18.3 Å². The van der Waals surface area contributed by atoms with Crippen molar-refractivity contribution in [2.24, 2.45) is 0 Å². The lowest BCUT2D eigenvalue weighted by molar-refractivity contribution is -0.274. The van der Waals surface area contributed by atoms with E-state index < -0.39 is 18.3 Å². The summed E-state index contributed by atoms with van der Waals surface area (Å²) in [6.07, 6.45) is -0.470. The van der Waals surface area contributed by atoms with Crippen LogP contribution in [0.15, 0.2) is 0 Å². The van der Waals surface area contributed by atoms with Gasteiger partial charge in [0.05, 0.1) is 33.3 Å². The maximum atomic E-state index is 8.03. The van der Waals surface area contributed by atoms with Crippen LogP contribution in [0.1, 0.15) is 29.1 Å². The molecule has 0 N–H and O–H groups in total. The lowest BCUT2D eigenvalue weighted by Crippen LogP contribution is -2.60. The van der Waals surface area contributed by atoms with Gasteiger partial charge in [-0.05, 0) is 27.7 Å². The molecule has 0 aliphatic carbocycles. The predicted molar refractivity (Wildman–Crippen MR) is 67.3 cm³/mol. The molecule has 0 aromatic rings. The summed E-state index contributed by atoms with van der Waals surface area (Å²) in [5.74, 6) is 0. The molecule has 4 atom stereocenters. The zero-order chi connectivity index (χ0) is 14.2. The molecule has 2 saturated heterocycles. The summed E-state index contributed by atoms with van der Waals surface area (Å²) in [4.78, 5) is 5.68. The Balaban J connectivity index is 2.18. The normalized spacial score (nSPS) is 41.7. The van der Waals surface area contributed by atoms with E-state index in [1.807, 2.05) is 34.7 Å². The first-order chi connectivity index (χ1) is 8.84. The zero-order valence-electron chi connectivity index (χ0n) is 12.9. The van der Waals surface area contributed by atoms with E-state index in [0.29, 0.717) is 13.2 Å². The van der Waals surface area contributed by atoms with Gasteiger partial charge in [0, 0.05) is 7.05 Å². The highest BCUT2D eigenvalue weighted by atomic mass is 16.7. The van der Waals surface area contributed by atoms with Crippen LogP contribution in [-0.2, 0) is 19.0 Å². The SMILES string of the molecule is [3H][C@@H]1O[C@@]2(COC(C)C)CN(C)O[C@H]1C2OC(C)C. The second-order valence-electron chi connectivity index (χ2n) is 5.64. The number of likely N-dealkylation sites (N-methyl/N-ethyl adjacent to an activating group) is 1. The number of ether oxygens (including phenoxy) is 3. The van der Waals surface area contributed by atoms with Crippen molar-refractivity contribution in [3.05, 3.63) is 0 Å². The van der Waals surface area contributed by atoms with Crippen LogP contribution in [0, 0.1) is 0 Å². The van der Waals surface area contributed by atoms with Crippen molar-refractivity contribution in [2.45, 2.75) is 57.7 Å². The molecule has 18 heavy (non-hydrogen) atoms. The topological polar surface area (TPSA) is 40.2 Å². The van der Waals surface area contributed by atoms with Gasteiger partial charge in [0.2, 0.25) is 0 Å². The monoisotopic (exact) mass is 261 g/mol. The fourth-order valence-corrected chi connectivity index (χ4v) is 2.43. The number of hydrogen-bond acceptors (Lipinski definition) is 5. The van der Waals surface area contributed by atoms with E-state index in [9.17, 15) is 0 Å². The zero-order valence-corrected chi connectivity index (χ0v) is 11.9. The molecule has 2 rings (SSSR count). The molecule has 0 radical (unpaired) electrons. The smallest absolute Gasteiger partial charge is 0.135 e. The van der Waals surface area contributed by atoms with E-state index in [0.717, 1.165) is 0 Å². The van der Waals surface area contributed by atoms with Gasteiger partial charge in [-0.25, -0.2) is 0 Å². The second kappa shape index (κ2) is 5.43. The van der Waals surface area contributed by atoms with E-state index >= 15 is 0 Å². The van der Waals surface area contributed by atoms with E-state index in [1.165, 1.54) is 0 Å². The fraction of sp³-hybridized carbons (Fsp3) is 1.00. The van der Waals surface area contributed by atoms with Crippen molar-refractivity contribution < 1.29 is 20.4 Å². The van der Waals surface area contributed by atoms with Crippen molar-refractivity contribution in [3.8, 4) is 0 Å². The third kappa shape index (κ3) is 2.86. The van der Waals surface area contributed by atoms with Crippen LogP contribution < -0.4 is 0 Å². The molecule has 2 aliphatic heterocycles. The Morgan fingerprint density at radius 3 is 2.72 bits per heavy atom. The Hall–Kier alpha value is -0.200. The quantitative estimate of drug-likeness (QED) is 0.744. The van der Waals surface area contributed by atoms with Crippen LogP contribution in [0.25, 0.3) is 0 Å². The first-order valence-corrected chi connectivity index (χ1v) is 6.59. The summed E-state index contributed by atoms with van der Waals surface area (Å²) >= 11 is 0. The van der Waals surface area contributed by atoms with Crippen molar-refractivity contribution in [1.82, 2.24) is 5.06 Å². The first kappa shape index (κ1) is 12.8. The Morgan fingerprint density at radius 2 is 2.11 bits per heavy atom. The highest BCUT2D eigenvalue weighted by Gasteiger charge is 2.56. The number of rotatable bonds is 5. The Morgan fingerprint density at radius 1 is 1.39 bits per heavy atom. The Bertz CT molecular complexity index is 311. The van der Waals surface area contributed by atoms with Crippen LogP contribution in [-0.4, -0.2) is 61.9 Å². The maximum Gasteiger partial charge on any atom is 0.135 e. The van der Waals surface area contributed by atoms with Gasteiger partial charge in [-0.1, -0.05) is 0 Å². The minimum atomic E-state index is -0.732. The molecule has 2 aliphatic rings. The minimum Gasteiger partial charge on any atom is -0.376 e. The molecule has 0 amide bonds. The highest BCUT2D eigenvalue weighted by Crippen LogP contribution is 2.37. The molecule has 0 aromatic heterocycles. The highest BCUT2D eigenvalue weighted by molar-refractivity contribution is 5.03. The maximum absolute atomic E-state index is 8.03. The summed E-state index contributed by atoms with van der Waals surface area (Å²) in [6, 6.07) is 0. The van der Waals surface area contributed by atoms with Gasteiger partial charge in [-0.15, -0.1) is 0 Å². The molecular formula is C13H25NO4. The molecule has 2 heterocycles. The summed E-state index contributed by atoms with van der Waals surface area (Å²) in [6.45, 7) is 8.17. The molecule has 0 spiro atoms. The standard InChI is InChI=1S/C13H25NO4/c1-9(2)15-8-13-7-14(5)18-11(6-16-13)12(13)17-10(3)4/h9-12H,6-8H2,1-5H3/t11-,12?,13-/m1/s1/i6T/t6-,11+,12?,13+/m0. The van der Waals surface area contributed by atoms with E-state index in [1.54, 1.807) is 5.06 Å². The average molecular weight is 261 g/mol. The number of hydrogen-bond donors (Lipinski definition) is 0. The lowest BCUT2D eigenvalue weighted by Gasteiger charge is -2.42. The fourth-order valence-electron chi connectivity index (χ4n) is 2.43. The van der Waals surface area contributed by atoms with Gasteiger partial charge in [0.1, 0.15) is 17.8 Å². The largest absolute Gasteiger partial charge is 0.376 e. The molecule has 2 bridgehead atoms. The van der Waals surface area contributed by atoms with Gasteiger partial charge in [0.25, 0.3) is 0 Å². The summed E-state index contributed by atoms with van der Waals surface area (Å²) in [7, 11) is 1.85.